The van der Waals surface area contributed by atoms with Crippen molar-refractivity contribution in [2.75, 3.05) is 52.2 Å². The van der Waals surface area contributed by atoms with Gasteiger partial charge in [-0.05, 0) is 37.6 Å². The number of nitrogens with zero attached hydrogens (tertiary/aromatic N) is 2. The minimum Gasteiger partial charge on any atom is -0.399 e. The summed E-state index contributed by atoms with van der Waals surface area (Å²) in [6.45, 7) is 7.10. The second kappa shape index (κ2) is 8.98. The number of ether oxygens (including phenoxy) is 1. The van der Waals surface area contributed by atoms with Gasteiger partial charge < -0.3 is 15.4 Å². The van der Waals surface area contributed by atoms with E-state index >= 15 is 0 Å². The molecule has 1 amide bonds. The van der Waals surface area contributed by atoms with Crippen molar-refractivity contribution >= 4 is 24.0 Å². The number of benzene rings is 1. The summed E-state index contributed by atoms with van der Waals surface area (Å²) in [5.74, 6) is 0.0911. The third-order valence-corrected chi connectivity index (χ3v) is 3.98. The second-order valence-corrected chi connectivity index (χ2v) is 5.55. The number of rotatable bonds is 4. The van der Waals surface area contributed by atoms with Crippen molar-refractivity contribution in [1.29, 1.82) is 0 Å². The second-order valence-electron chi connectivity index (χ2n) is 5.55. The van der Waals surface area contributed by atoms with Crippen molar-refractivity contribution in [3.8, 4) is 0 Å². The van der Waals surface area contributed by atoms with Crippen LogP contribution < -0.4 is 5.73 Å². The fraction of sp³-hybridized carbons (Fsp3) is 0.562. The van der Waals surface area contributed by atoms with Crippen molar-refractivity contribution in [2.24, 2.45) is 0 Å². The Labute approximate surface area is 138 Å². The zero-order chi connectivity index (χ0) is 15.2. The third kappa shape index (κ3) is 4.87. The van der Waals surface area contributed by atoms with Gasteiger partial charge in [0.15, 0.2) is 0 Å². The number of hydrogen-bond donors (Lipinski definition) is 1. The van der Waals surface area contributed by atoms with E-state index in [9.17, 15) is 4.79 Å². The summed E-state index contributed by atoms with van der Waals surface area (Å²) < 4.78 is 5.12. The Balaban J connectivity index is 0.00000242. The van der Waals surface area contributed by atoms with E-state index < -0.39 is 0 Å². The zero-order valence-electron chi connectivity index (χ0n) is 13.4. The third-order valence-electron chi connectivity index (χ3n) is 3.98. The molecule has 1 heterocycles. The van der Waals surface area contributed by atoms with Gasteiger partial charge in [-0.3, -0.25) is 9.69 Å². The number of aryl methyl sites for hydroxylation is 1. The molecule has 0 saturated carbocycles. The Hall–Kier alpha value is -1.30. The fourth-order valence-corrected chi connectivity index (χ4v) is 2.66. The van der Waals surface area contributed by atoms with Gasteiger partial charge in [-0.15, -0.1) is 12.4 Å². The molecule has 1 aromatic carbocycles. The summed E-state index contributed by atoms with van der Waals surface area (Å²) in [7, 11) is 1.72. The molecule has 6 heteroatoms. The molecule has 0 unspecified atom stereocenters. The average Bonchev–Trinajstić information content (AvgIpc) is 2.72. The molecule has 2 rings (SSSR count). The maximum atomic E-state index is 12.7. The Kier molecular flexibility index (Phi) is 7.65. The molecule has 1 aliphatic heterocycles. The van der Waals surface area contributed by atoms with E-state index in [-0.39, 0.29) is 18.3 Å². The van der Waals surface area contributed by atoms with Gasteiger partial charge in [-0.1, -0.05) is 6.07 Å². The first-order valence-electron chi connectivity index (χ1n) is 7.48. The molecule has 124 valence electrons. The van der Waals surface area contributed by atoms with Crippen LogP contribution in [0.25, 0.3) is 0 Å². The van der Waals surface area contributed by atoms with Crippen LogP contribution in [0.1, 0.15) is 22.3 Å². The lowest BCUT2D eigenvalue weighted by atomic mass is 10.1. The Morgan fingerprint density at radius 2 is 2.05 bits per heavy atom. The highest BCUT2D eigenvalue weighted by atomic mass is 35.5. The zero-order valence-corrected chi connectivity index (χ0v) is 14.2. The molecule has 1 fully saturated rings. The lowest BCUT2D eigenvalue weighted by Gasteiger charge is -2.22. The van der Waals surface area contributed by atoms with Gasteiger partial charge in [0.2, 0.25) is 0 Å². The van der Waals surface area contributed by atoms with Crippen LogP contribution in [0.15, 0.2) is 18.2 Å². The summed E-state index contributed by atoms with van der Waals surface area (Å²) >= 11 is 0. The number of nitrogen functional groups attached to an aromatic ring is 1. The quantitative estimate of drug-likeness (QED) is 0.857. The highest BCUT2D eigenvalue weighted by Crippen LogP contribution is 2.16. The van der Waals surface area contributed by atoms with Crippen molar-refractivity contribution in [3.63, 3.8) is 0 Å². The fourth-order valence-electron chi connectivity index (χ4n) is 2.66. The first kappa shape index (κ1) is 18.7. The van der Waals surface area contributed by atoms with Crippen molar-refractivity contribution < 1.29 is 9.53 Å². The number of carbonyl (C=O) groups excluding carboxylic acids is 1. The predicted octanol–water partition coefficient (Wildman–Crippen LogP) is 1.79. The topological polar surface area (TPSA) is 58.8 Å². The molecule has 0 atom stereocenters. The van der Waals surface area contributed by atoms with Crippen LogP contribution in [0.4, 0.5) is 5.69 Å². The highest BCUT2D eigenvalue weighted by molar-refractivity contribution is 5.96. The monoisotopic (exact) mass is 327 g/mol. The molecular weight excluding hydrogens is 302 g/mol. The van der Waals surface area contributed by atoms with Gasteiger partial charge in [-0.25, -0.2) is 0 Å². The molecule has 0 aliphatic carbocycles. The number of halogens is 1. The Bertz CT molecular complexity index is 496. The maximum absolute atomic E-state index is 12.7. The standard InChI is InChI=1S/C16H25N3O2.ClH/c1-13-4-5-14(17)12-15(13)16(20)19-7-3-6-18(8-9-19)10-11-21-2;/h4-5,12H,3,6-11,17H2,1-2H3;1H. The van der Waals surface area contributed by atoms with E-state index in [1.165, 1.54) is 0 Å². The molecule has 0 aromatic heterocycles. The maximum Gasteiger partial charge on any atom is 0.254 e. The normalized spacial score (nSPS) is 16.0. The molecular formula is C16H26ClN3O2. The van der Waals surface area contributed by atoms with Gasteiger partial charge in [0.05, 0.1) is 6.61 Å². The van der Waals surface area contributed by atoms with Gasteiger partial charge in [0.25, 0.3) is 5.91 Å². The van der Waals surface area contributed by atoms with E-state index in [0.29, 0.717) is 5.69 Å². The van der Waals surface area contributed by atoms with E-state index in [0.717, 1.165) is 56.9 Å². The van der Waals surface area contributed by atoms with Crippen LogP contribution in [0, 0.1) is 6.92 Å². The number of amides is 1. The summed E-state index contributed by atoms with van der Waals surface area (Å²) in [4.78, 5) is 17.0. The molecule has 22 heavy (non-hydrogen) atoms. The van der Waals surface area contributed by atoms with Gasteiger partial charge in [0.1, 0.15) is 0 Å². The van der Waals surface area contributed by atoms with Crippen LogP contribution >= 0.6 is 12.4 Å². The predicted molar refractivity (Wildman–Crippen MR) is 91.7 cm³/mol. The average molecular weight is 328 g/mol. The molecule has 0 bridgehead atoms. The van der Waals surface area contributed by atoms with E-state index in [1.807, 2.05) is 24.0 Å². The smallest absolute Gasteiger partial charge is 0.254 e. The summed E-state index contributed by atoms with van der Waals surface area (Å²) in [5, 5.41) is 0. The SMILES string of the molecule is COCCN1CCCN(C(=O)c2cc(N)ccc2C)CC1.Cl. The van der Waals surface area contributed by atoms with Gasteiger partial charge >= 0.3 is 0 Å². The first-order valence-corrected chi connectivity index (χ1v) is 7.48. The van der Waals surface area contributed by atoms with Crippen LogP contribution in [0.2, 0.25) is 0 Å². The largest absolute Gasteiger partial charge is 0.399 e. The van der Waals surface area contributed by atoms with Crippen LogP contribution in [-0.4, -0.2) is 62.1 Å². The molecule has 5 nitrogen and oxygen atoms in total. The summed E-state index contributed by atoms with van der Waals surface area (Å²) in [6.07, 6.45) is 0.997. The highest BCUT2D eigenvalue weighted by Gasteiger charge is 2.21. The van der Waals surface area contributed by atoms with Crippen molar-refractivity contribution in [1.82, 2.24) is 9.80 Å². The number of methoxy groups -OCH3 is 1. The van der Waals surface area contributed by atoms with Crippen LogP contribution in [0.3, 0.4) is 0 Å². The number of anilines is 1. The minimum atomic E-state index is 0. The number of carbonyl (C=O) groups is 1. The Morgan fingerprint density at radius 1 is 1.27 bits per heavy atom. The van der Waals surface area contributed by atoms with E-state index in [4.69, 9.17) is 10.5 Å². The van der Waals surface area contributed by atoms with E-state index in [2.05, 4.69) is 4.90 Å². The lowest BCUT2D eigenvalue weighted by molar-refractivity contribution is 0.0758. The Morgan fingerprint density at radius 3 is 2.77 bits per heavy atom. The van der Waals surface area contributed by atoms with Crippen LogP contribution in [-0.2, 0) is 4.74 Å². The number of hydrogen-bond acceptors (Lipinski definition) is 4. The van der Waals surface area contributed by atoms with Gasteiger partial charge in [0, 0.05) is 44.5 Å². The van der Waals surface area contributed by atoms with Crippen LogP contribution in [0.5, 0.6) is 0 Å². The van der Waals surface area contributed by atoms with Crippen molar-refractivity contribution in [3.05, 3.63) is 29.3 Å². The molecule has 0 radical (unpaired) electrons. The van der Waals surface area contributed by atoms with Crippen molar-refractivity contribution in [2.45, 2.75) is 13.3 Å². The summed E-state index contributed by atoms with van der Waals surface area (Å²) in [6, 6.07) is 5.53. The molecule has 1 aromatic rings. The van der Waals surface area contributed by atoms with Gasteiger partial charge in [-0.2, -0.15) is 0 Å². The molecule has 1 saturated heterocycles. The first-order chi connectivity index (χ1) is 10.1. The molecule has 1 aliphatic rings. The molecule has 2 N–H and O–H groups in total. The molecule has 0 spiro atoms. The lowest BCUT2D eigenvalue weighted by Crippen LogP contribution is -2.36. The number of nitrogens with two attached hydrogens (primary N) is 1. The minimum absolute atomic E-state index is 0. The summed E-state index contributed by atoms with van der Waals surface area (Å²) in [5.41, 5.74) is 8.15. The van der Waals surface area contributed by atoms with E-state index in [1.54, 1.807) is 13.2 Å².